The van der Waals surface area contributed by atoms with Gasteiger partial charge >= 0.3 is 0 Å². The van der Waals surface area contributed by atoms with E-state index >= 15 is 0 Å². The molecule has 0 fully saturated rings. The summed E-state index contributed by atoms with van der Waals surface area (Å²) >= 11 is 9.74. The summed E-state index contributed by atoms with van der Waals surface area (Å²) in [4.78, 5) is 12.2. The number of nitrogens with one attached hydrogen (secondary N) is 1. The van der Waals surface area contributed by atoms with Crippen LogP contribution >= 0.6 is 46.0 Å². The summed E-state index contributed by atoms with van der Waals surface area (Å²) in [6.45, 7) is 0. The number of carbonyl (C=O) groups excluding carboxylic acids is 1. The number of rotatable bonds is 5. The Kier molecular flexibility index (Phi) is 5.98. The molecule has 5 nitrogen and oxygen atoms in total. The van der Waals surface area contributed by atoms with Crippen molar-refractivity contribution < 1.29 is 4.79 Å². The zero-order chi connectivity index (χ0) is 17.8. The molecule has 0 aliphatic rings. The number of hydrogen-bond donors (Lipinski definition) is 1. The van der Waals surface area contributed by atoms with Crippen LogP contribution in [0.15, 0.2) is 53.7 Å². The van der Waals surface area contributed by atoms with Gasteiger partial charge in [0.05, 0.1) is 16.5 Å². The van der Waals surface area contributed by atoms with Crippen molar-refractivity contribution in [3.05, 3.63) is 57.1 Å². The lowest BCUT2D eigenvalue weighted by Crippen LogP contribution is -2.15. The molecule has 0 atom stereocenters. The normalized spacial score (nSPS) is 10.7. The monoisotopic (exact) mass is 484 g/mol. The molecule has 0 unspecified atom stereocenters. The minimum atomic E-state index is -0.0867. The Morgan fingerprint density at radius 2 is 1.92 bits per heavy atom. The predicted molar refractivity (Wildman–Crippen MR) is 110 cm³/mol. The van der Waals surface area contributed by atoms with Crippen LogP contribution in [0.3, 0.4) is 0 Å². The number of carbonyl (C=O) groups is 1. The van der Waals surface area contributed by atoms with Gasteiger partial charge in [-0.1, -0.05) is 47.6 Å². The Labute approximate surface area is 168 Å². The van der Waals surface area contributed by atoms with Crippen molar-refractivity contribution >= 4 is 57.5 Å². The molecule has 0 saturated carbocycles. The van der Waals surface area contributed by atoms with E-state index in [2.05, 4.69) is 38.1 Å². The molecule has 8 heteroatoms. The Hall–Kier alpha value is -1.58. The number of hydrogen-bond acceptors (Lipinski definition) is 4. The molecule has 1 N–H and O–H groups in total. The van der Waals surface area contributed by atoms with E-state index in [4.69, 9.17) is 11.6 Å². The van der Waals surface area contributed by atoms with Crippen molar-refractivity contribution in [1.82, 2.24) is 14.8 Å². The van der Waals surface area contributed by atoms with Crippen LogP contribution in [0, 0.1) is 3.57 Å². The molecule has 2 aromatic carbocycles. The molecule has 128 valence electrons. The minimum Gasteiger partial charge on any atom is -0.324 e. The van der Waals surface area contributed by atoms with Crippen molar-refractivity contribution in [3.8, 4) is 11.4 Å². The van der Waals surface area contributed by atoms with Gasteiger partial charge < -0.3 is 9.88 Å². The number of benzene rings is 2. The van der Waals surface area contributed by atoms with Crippen LogP contribution in [0.5, 0.6) is 0 Å². The second-order valence-corrected chi connectivity index (χ2v) is 7.67. The smallest absolute Gasteiger partial charge is 0.234 e. The summed E-state index contributed by atoms with van der Waals surface area (Å²) in [5.41, 5.74) is 1.62. The van der Waals surface area contributed by atoms with Crippen molar-refractivity contribution in [2.75, 3.05) is 11.1 Å². The van der Waals surface area contributed by atoms with Crippen LogP contribution in [0.2, 0.25) is 5.02 Å². The first-order chi connectivity index (χ1) is 12.1. The molecule has 25 heavy (non-hydrogen) atoms. The van der Waals surface area contributed by atoms with Gasteiger partial charge in [0.25, 0.3) is 0 Å². The summed E-state index contributed by atoms with van der Waals surface area (Å²) in [6.07, 6.45) is 0. The van der Waals surface area contributed by atoms with Gasteiger partial charge in [-0.05, 0) is 46.9 Å². The maximum absolute atomic E-state index is 12.2. The molecular weight excluding hydrogens is 471 g/mol. The van der Waals surface area contributed by atoms with Crippen molar-refractivity contribution in [2.24, 2.45) is 7.05 Å². The summed E-state index contributed by atoms with van der Waals surface area (Å²) < 4.78 is 2.84. The maximum atomic E-state index is 12.2. The fourth-order valence-electron chi connectivity index (χ4n) is 2.20. The van der Waals surface area contributed by atoms with E-state index in [1.54, 1.807) is 0 Å². The van der Waals surface area contributed by atoms with Gasteiger partial charge in [-0.2, -0.15) is 0 Å². The third kappa shape index (κ3) is 4.34. The van der Waals surface area contributed by atoms with E-state index in [1.807, 2.05) is 60.1 Å². The third-order valence-electron chi connectivity index (χ3n) is 3.43. The molecule has 3 aromatic rings. The molecule has 0 spiro atoms. The second kappa shape index (κ2) is 8.20. The molecule has 0 aliphatic carbocycles. The van der Waals surface area contributed by atoms with Crippen LogP contribution < -0.4 is 5.32 Å². The first-order valence-electron chi connectivity index (χ1n) is 7.37. The van der Waals surface area contributed by atoms with Crippen molar-refractivity contribution in [1.29, 1.82) is 0 Å². The van der Waals surface area contributed by atoms with Gasteiger partial charge in [0.2, 0.25) is 5.91 Å². The average molecular weight is 485 g/mol. The molecule has 0 bridgehead atoms. The summed E-state index contributed by atoms with van der Waals surface area (Å²) in [5, 5.41) is 12.5. The first-order valence-corrected chi connectivity index (χ1v) is 9.82. The minimum absolute atomic E-state index is 0.0867. The Bertz CT molecular complexity index is 915. The number of aromatic nitrogens is 3. The van der Waals surface area contributed by atoms with Gasteiger partial charge in [0.1, 0.15) is 0 Å². The highest BCUT2D eigenvalue weighted by Crippen LogP contribution is 2.28. The van der Waals surface area contributed by atoms with E-state index in [1.165, 1.54) is 11.8 Å². The maximum Gasteiger partial charge on any atom is 0.234 e. The first kappa shape index (κ1) is 18.2. The molecule has 1 heterocycles. The average Bonchev–Trinajstić information content (AvgIpc) is 2.96. The molecule has 0 saturated heterocycles. The zero-order valence-corrected chi connectivity index (χ0v) is 17.0. The topological polar surface area (TPSA) is 59.8 Å². The Morgan fingerprint density at radius 1 is 1.20 bits per heavy atom. The lowest BCUT2D eigenvalue weighted by atomic mass is 10.2. The van der Waals surface area contributed by atoms with E-state index in [-0.39, 0.29) is 11.7 Å². The summed E-state index contributed by atoms with van der Waals surface area (Å²) in [6, 6.07) is 15.1. The fourth-order valence-corrected chi connectivity index (χ4v) is 3.65. The quantitative estimate of drug-likeness (QED) is 0.429. The van der Waals surface area contributed by atoms with Gasteiger partial charge in [0.15, 0.2) is 11.0 Å². The Morgan fingerprint density at radius 3 is 2.68 bits per heavy atom. The van der Waals surface area contributed by atoms with E-state index < -0.39 is 0 Å². The van der Waals surface area contributed by atoms with Crippen molar-refractivity contribution in [3.63, 3.8) is 0 Å². The molecule has 3 rings (SSSR count). The number of halogens is 2. The van der Waals surface area contributed by atoms with Gasteiger partial charge in [0, 0.05) is 16.2 Å². The molecule has 0 radical (unpaired) electrons. The molecule has 1 amide bonds. The summed E-state index contributed by atoms with van der Waals surface area (Å²) in [5.74, 6) is 0.835. The van der Waals surface area contributed by atoms with Gasteiger partial charge in [-0.25, -0.2) is 0 Å². The lowest BCUT2D eigenvalue weighted by molar-refractivity contribution is -0.113. The van der Waals surface area contributed by atoms with Crippen LogP contribution in [0.25, 0.3) is 11.4 Å². The Balaban J connectivity index is 1.67. The van der Waals surface area contributed by atoms with Gasteiger partial charge in [-0.3, -0.25) is 4.79 Å². The number of thioether (sulfide) groups is 1. The number of para-hydroxylation sites is 1. The third-order valence-corrected chi connectivity index (χ3v) is 5.72. The second-order valence-electron chi connectivity index (χ2n) is 5.16. The van der Waals surface area contributed by atoms with Crippen LogP contribution in [-0.2, 0) is 11.8 Å². The van der Waals surface area contributed by atoms with E-state index in [9.17, 15) is 4.79 Å². The highest BCUT2D eigenvalue weighted by molar-refractivity contribution is 14.1. The van der Waals surface area contributed by atoms with Gasteiger partial charge in [-0.15, -0.1) is 10.2 Å². The largest absolute Gasteiger partial charge is 0.324 e. The lowest BCUT2D eigenvalue weighted by Gasteiger charge is -2.07. The molecule has 0 aliphatic heterocycles. The molecular formula is C17H14ClIN4OS. The predicted octanol–water partition coefficient (Wildman–Crippen LogP) is 4.47. The van der Waals surface area contributed by atoms with Crippen LogP contribution in [0.1, 0.15) is 0 Å². The van der Waals surface area contributed by atoms with Crippen LogP contribution in [0.4, 0.5) is 5.69 Å². The van der Waals surface area contributed by atoms with Crippen molar-refractivity contribution in [2.45, 2.75) is 5.16 Å². The number of nitrogens with zero attached hydrogens (tertiary/aromatic N) is 3. The summed E-state index contributed by atoms with van der Waals surface area (Å²) in [7, 11) is 1.86. The SMILES string of the molecule is Cn1c(SCC(=O)Nc2ccccc2I)nnc1-c1ccccc1Cl. The fraction of sp³-hybridized carbons (Fsp3) is 0.118. The highest BCUT2D eigenvalue weighted by atomic mass is 127. The zero-order valence-electron chi connectivity index (χ0n) is 13.2. The highest BCUT2D eigenvalue weighted by Gasteiger charge is 2.15. The molecule has 1 aromatic heterocycles. The van der Waals surface area contributed by atoms with E-state index in [0.29, 0.717) is 16.0 Å². The van der Waals surface area contributed by atoms with Crippen LogP contribution in [-0.4, -0.2) is 26.4 Å². The van der Waals surface area contributed by atoms with E-state index in [0.717, 1.165) is 14.8 Å². The number of anilines is 1. The number of amides is 1. The standard InChI is InChI=1S/C17H14ClIN4OS/c1-23-16(11-6-2-3-7-12(11)18)21-22-17(23)25-10-15(24)20-14-9-5-4-8-13(14)19/h2-9H,10H2,1H3,(H,20,24).